The fraction of sp³-hybridized carbons (Fsp3) is 0.409. The van der Waals surface area contributed by atoms with Crippen molar-refractivity contribution in [3.63, 3.8) is 0 Å². The van der Waals surface area contributed by atoms with E-state index in [1.54, 1.807) is 42.3 Å². The molecule has 0 saturated carbocycles. The number of carbonyl (C=O) groups excluding carboxylic acids is 1. The lowest BCUT2D eigenvalue weighted by molar-refractivity contribution is -0.131. The molecular formula is C22H28N2O4S. The number of phenolic OH excluding ortho intramolecular Hbond substituents is 1. The summed E-state index contributed by atoms with van der Waals surface area (Å²) in [7, 11) is -1.47. The first kappa shape index (κ1) is 21.3. The van der Waals surface area contributed by atoms with E-state index in [-0.39, 0.29) is 29.0 Å². The number of benzene rings is 2. The van der Waals surface area contributed by atoms with Crippen LogP contribution < -0.4 is 0 Å². The molecule has 1 aliphatic heterocycles. The summed E-state index contributed by atoms with van der Waals surface area (Å²) in [5.41, 5.74) is 1.67. The maximum atomic E-state index is 13.0. The van der Waals surface area contributed by atoms with E-state index < -0.39 is 9.84 Å². The van der Waals surface area contributed by atoms with E-state index in [0.717, 1.165) is 43.6 Å². The first-order chi connectivity index (χ1) is 13.7. The van der Waals surface area contributed by atoms with Gasteiger partial charge < -0.3 is 14.9 Å². The summed E-state index contributed by atoms with van der Waals surface area (Å²) in [5.74, 6) is 0.135. The fourth-order valence-electron chi connectivity index (χ4n) is 3.72. The second-order valence-corrected chi connectivity index (χ2v) is 9.73. The van der Waals surface area contributed by atoms with Gasteiger partial charge in [-0.3, -0.25) is 4.79 Å². The molecule has 156 valence electrons. The van der Waals surface area contributed by atoms with E-state index in [9.17, 15) is 18.3 Å². The minimum Gasteiger partial charge on any atom is -0.508 e. The lowest BCUT2D eigenvalue weighted by atomic mass is 10.0. The zero-order chi connectivity index (χ0) is 21.0. The van der Waals surface area contributed by atoms with Crippen molar-refractivity contribution in [1.29, 1.82) is 0 Å². The van der Waals surface area contributed by atoms with Crippen LogP contribution in [0.1, 0.15) is 30.0 Å². The van der Waals surface area contributed by atoms with Gasteiger partial charge in [0.1, 0.15) is 5.75 Å². The second-order valence-electron chi connectivity index (χ2n) is 7.72. The predicted octanol–water partition coefficient (Wildman–Crippen LogP) is 2.63. The van der Waals surface area contributed by atoms with Gasteiger partial charge in [-0.2, -0.15) is 0 Å². The summed E-state index contributed by atoms with van der Waals surface area (Å²) in [5, 5.41) is 9.90. The molecule has 3 rings (SSSR count). The van der Waals surface area contributed by atoms with Crippen molar-refractivity contribution in [2.45, 2.75) is 30.2 Å². The molecule has 7 heteroatoms. The third-order valence-corrected chi connectivity index (χ3v) is 6.58. The van der Waals surface area contributed by atoms with Crippen LogP contribution in [0.25, 0.3) is 0 Å². The molecular weight excluding hydrogens is 388 g/mol. The Morgan fingerprint density at radius 1 is 1.14 bits per heavy atom. The van der Waals surface area contributed by atoms with Crippen LogP contribution in [-0.2, 0) is 21.1 Å². The predicted molar refractivity (Wildman–Crippen MR) is 113 cm³/mol. The Morgan fingerprint density at radius 3 is 2.38 bits per heavy atom. The number of phenols is 1. The summed E-state index contributed by atoms with van der Waals surface area (Å²) in [4.78, 5) is 17.3. The summed E-state index contributed by atoms with van der Waals surface area (Å²) in [6, 6.07) is 13.4. The average Bonchev–Trinajstić information content (AvgIpc) is 3.18. The number of rotatable bonds is 7. The first-order valence-electron chi connectivity index (χ1n) is 9.80. The van der Waals surface area contributed by atoms with E-state index in [1.807, 2.05) is 6.07 Å². The number of hydrogen-bond donors (Lipinski definition) is 1. The van der Waals surface area contributed by atoms with Gasteiger partial charge in [-0.1, -0.05) is 24.3 Å². The highest BCUT2D eigenvalue weighted by Crippen LogP contribution is 2.26. The van der Waals surface area contributed by atoms with Crippen LogP contribution in [0.15, 0.2) is 53.4 Å². The highest BCUT2D eigenvalue weighted by atomic mass is 32.2. The highest BCUT2D eigenvalue weighted by molar-refractivity contribution is 7.90. The lowest BCUT2D eigenvalue weighted by Crippen LogP contribution is -2.39. The number of carbonyl (C=O) groups is 1. The van der Waals surface area contributed by atoms with Crippen LogP contribution in [0.4, 0.5) is 0 Å². The topological polar surface area (TPSA) is 77.9 Å². The average molecular weight is 417 g/mol. The Labute approximate surface area is 172 Å². The van der Waals surface area contributed by atoms with E-state index in [4.69, 9.17) is 0 Å². The number of sulfone groups is 1. The number of amides is 1. The minimum atomic E-state index is -3.26. The van der Waals surface area contributed by atoms with Crippen LogP contribution in [0.2, 0.25) is 0 Å². The number of likely N-dealkylation sites (tertiary alicyclic amines) is 1. The quantitative estimate of drug-likeness (QED) is 0.751. The van der Waals surface area contributed by atoms with Gasteiger partial charge >= 0.3 is 0 Å². The van der Waals surface area contributed by atoms with Gasteiger partial charge in [0.15, 0.2) is 9.84 Å². The van der Waals surface area contributed by atoms with Crippen LogP contribution in [0, 0.1) is 0 Å². The Morgan fingerprint density at radius 2 is 1.79 bits per heavy atom. The molecule has 0 radical (unpaired) electrons. The fourth-order valence-corrected chi connectivity index (χ4v) is 4.35. The molecule has 6 nitrogen and oxygen atoms in total. The Kier molecular flexibility index (Phi) is 6.59. The number of nitrogens with zero attached hydrogens (tertiary/aromatic N) is 2. The zero-order valence-corrected chi connectivity index (χ0v) is 17.7. The minimum absolute atomic E-state index is 0.0513. The van der Waals surface area contributed by atoms with Crippen LogP contribution >= 0.6 is 0 Å². The van der Waals surface area contributed by atoms with Gasteiger partial charge in [-0.15, -0.1) is 0 Å². The molecule has 1 heterocycles. The first-order valence-corrected chi connectivity index (χ1v) is 11.7. The maximum Gasteiger partial charge on any atom is 0.227 e. The van der Waals surface area contributed by atoms with Crippen LogP contribution in [0.5, 0.6) is 5.75 Å². The van der Waals surface area contributed by atoms with Crippen molar-refractivity contribution in [2.24, 2.45) is 0 Å². The van der Waals surface area contributed by atoms with Crippen molar-refractivity contribution in [1.82, 2.24) is 9.80 Å². The molecule has 0 unspecified atom stereocenters. The molecule has 2 aromatic rings. The molecule has 2 aromatic carbocycles. The van der Waals surface area contributed by atoms with E-state index in [1.165, 1.54) is 18.4 Å². The third-order valence-electron chi connectivity index (χ3n) is 5.45. The van der Waals surface area contributed by atoms with Gasteiger partial charge in [-0.25, -0.2) is 8.42 Å². The normalized spacial score (nSPS) is 15.9. The SMILES string of the molecule is CN(C(=O)Cc1ccc(S(C)(=O)=O)cc1)[C@H](CN1CCCC1)c1cccc(O)c1. The van der Waals surface area contributed by atoms with Crippen molar-refractivity contribution in [2.75, 3.05) is 32.9 Å². The van der Waals surface area contributed by atoms with Crippen LogP contribution in [0.3, 0.4) is 0 Å². The summed E-state index contributed by atoms with van der Waals surface area (Å²) < 4.78 is 23.2. The molecule has 1 N–H and O–H groups in total. The smallest absolute Gasteiger partial charge is 0.227 e. The van der Waals surface area contributed by atoms with Crippen molar-refractivity contribution < 1.29 is 18.3 Å². The maximum absolute atomic E-state index is 13.0. The molecule has 0 bridgehead atoms. The Hall–Kier alpha value is -2.38. The number of aromatic hydroxyl groups is 1. The summed E-state index contributed by atoms with van der Waals surface area (Å²) >= 11 is 0. The molecule has 1 amide bonds. The highest BCUT2D eigenvalue weighted by Gasteiger charge is 2.26. The van der Waals surface area contributed by atoms with Gasteiger partial charge in [0.05, 0.1) is 17.4 Å². The van der Waals surface area contributed by atoms with E-state index >= 15 is 0 Å². The molecule has 1 atom stereocenters. The van der Waals surface area contributed by atoms with Crippen molar-refractivity contribution in [3.8, 4) is 5.75 Å². The molecule has 1 saturated heterocycles. The standard InChI is InChI=1S/C22H28N2O4S/c1-23(22(26)14-17-8-10-20(11-9-17)29(2,27)28)21(16-24-12-3-4-13-24)18-6-5-7-19(25)15-18/h5-11,15,21,25H,3-4,12-14,16H2,1-2H3/t21-/m1/s1. The molecule has 0 aromatic heterocycles. The van der Waals surface area contributed by atoms with Crippen molar-refractivity contribution in [3.05, 3.63) is 59.7 Å². The zero-order valence-electron chi connectivity index (χ0n) is 16.9. The lowest BCUT2D eigenvalue weighted by Gasteiger charge is -2.32. The van der Waals surface area contributed by atoms with E-state index in [0.29, 0.717) is 0 Å². The summed E-state index contributed by atoms with van der Waals surface area (Å²) in [6.45, 7) is 2.76. The number of hydrogen-bond acceptors (Lipinski definition) is 5. The largest absolute Gasteiger partial charge is 0.508 e. The second kappa shape index (κ2) is 8.97. The molecule has 1 fully saturated rings. The van der Waals surface area contributed by atoms with Gasteiger partial charge in [0.25, 0.3) is 0 Å². The molecule has 0 spiro atoms. The Bertz CT molecular complexity index is 951. The third kappa shape index (κ3) is 5.58. The molecule has 0 aliphatic carbocycles. The molecule has 29 heavy (non-hydrogen) atoms. The summed E-state index contributed by atoms with van der Waals surface area (Å²) in [6.07, 6.45) is 3.68. The molecule has 1 aliphatic rings. The van der Waals surface area contributed by atoms with Gasteiger partial charge in [0, 0.05) is 19.8 Å². The monoisotopic (exact) mass is 416 g/mol. The van der Waals surface area contributed by atoms with Gasteiger partial charge in [-0.05, 0) is 61.3 Å². The van der Waals surface area contributed by atoms with Gasteiger partial charge in [0.2, 0.25) is 5.91 Å². The van der Waals surface area contributed by atoms with Crippen LogP contribution in [-0.4, -0.2) is 62.2 Å². The van der Waals surface area contributed by atoms with Crippen molar-refractivity contribution >= 4 is 15.7 Å². The van der Waals surface area contributed by atoms with E-state index in [2.05, 4.69) is 4.90 Å². The Balaban J connectivity index is 1.77. The number of likely N-dealkylation sites (N-methyl/N-ethyl adjacent to an activating group) is 1.